The van der Waals surface area contributed by atoms with Crippen molar-refractivity contribution in [3.63, 3.8) is 0 Å². The smallest absolute Gasteiger partial charge is 0.0655 e. The van der Waals surface area contributed by atoms with Crippen molar-refractivity contribution in [3.05, 3.63) is 35.7 Å². The number of nitrogens with zero attached hydrogens (tertiary/aromatic N) is 1. The van der Waals surface area contributed by atoms with Gasteiger partial charge in [-0.3, -0.25) is 4.98 Å². The van der Waals surface area contributed by atoms with Crippen LogP contribution in [-0.4, -0.2) is 4.98 Å². The lowest BCUT2D eigenvalue weighted by Crippen LogP contribution is -1.82. The molecule has 1 nitrogen and oxygen atoms in total. The van der Waals surface area contributed by atoms with Crippen LogP contribution in [0.2, 0.25) is 0 Å². The van der Waals surface area contributed by atoms with Crippen LogP contribution in [0.25, 0.3) is 6.08 Å². The molecule has 0 aliphatic carbocycles. The van der Waals surface area contributed by atoms with Crippen LogP contribution in [0.15, 0.2) is 24.4 Å². The Labute approximate surface area is 88.9 Å². The number of allylic oxidation sites excluding steroid dienone is 1. The summed E-state index contributed by atoms with van der Waals surface area (Å²) in [5.74, 6) is 0. The fourth-order valence-corrected chi connectivity index (χ4v) is 0.830. The molecule has 0 spiro atoms. The predicted octanol–water partition coefficient (Wildman–Crippen LogP) is 4.48. The highest BCUT2D eigenvalue weighted by molar-refractivity contribution is 5.47. The number of pyridine rings is 1. The normalized spacial score (nSPS) is 8.43. The average molecular weight is 193 g/mol. The molecule has 0 aliphatic heterocycles. The molecule has 1 heteroatoms. The number of aryl methyl sites for hydroxylation is 1. The fraction of sp³-hybridized carbons (Fsp3) is 0.462. The Kier molecular flexibility index (Phi) is 13.1. The molecule has 1 heterocycles. The SMILES string of the molecule is C/C=C\c1ncccc1C.CC.CC. The lowest BCUT2D eigenvalue weighted by molar-refractivity contribution is 1.24. The maximum absolute atomic E-state index is 4.18. The van der Waals surface area contributed by atoms with Gasteiger partial charge < -0.3 is 0 Å². The van der Waals surface area contributed by atoms with Gasteiger partial charge in [-0.05, 0) is 31.6 Å². The van der Waals surface area contributed by atoms with Gasteiger partial charge in [0.25, 0.3) is 0 Å². The van der Waals surface area contributed by atoms with Crippen LogP contribution in [0.4, 0.5) is 0 Å². The van der Waals surface area contributed by atoms with Crippen LogP contribution in [0.5, 0.6) is 0 Å². The van der Waals surface area contributed by atoms with Crippen molar-refractivity contribution in [2.24, 2.45) is 0 Å². The minimum absolute atomic E-state index is 1.06. The summed E-state index contributed by atoms with van der Waals surface area (Å²) in [4.78, 5) is 4.18. The second kappa shape index (κ2) is 11.9. The third kappa shape index (κ3) is 6.41. The summed E-state index contributed by atoms with van der Waals surface area (Å²) in [5.41, 5.74) is 2.28. The van der Waals surface area contributed by atoms with Gasteiger partial charge in [-0.25, -0.2) is 0 Å². The molecule has 0 amide bonds. The van der Waals surface area contributed by atoms with Crippen molar-refractivity contribution < 1.29 is 0 Å². The van der Waals surface area contributed by atoms with Crippen molar-refractivity contribution in [2.45, 2.75) is 41.5 Å². The Balaban J connectivity index is 0. The zero-order valence-corrected chi connectivity index (χ0v) is 10.3. The molecule has 0 saturated heterocycles. The van der Waals surface area contributed by atoms with E-state index < -0.39 is 0 Å². The van der Waals surface area contributed by atoms with Gasteiger partial charge in [-0.2, -0.15) is 0 Å². The Morgan fingerprint density at radius 1 is 1.14 bits per heavy atom. The Bertz CT molecular complexity index is 239. The molecule has 0 saturated carbocycles. The van der Waals surface area contributed by atoms with E-state index in [0.29, 0.717) is 0 Å². The first-order valence-electron chi connectivity index (χ1n) is 5.39. The molecule has 1 rings (SSSR count). The van der Waals surface area contributed by atoms with E-state index in [1.54, 1.807) is 0 Å². The second-order valence-electron chi connectivity index (χ2n) is 2.21. The fourth-order valence-electron chi connectivity index (χ4n) is 0.830. The second-order valence-corrected chi connectivity index (χ2v) is 2.21. The summed E-state index contributed by atoms with van der Waals surface area (Å²) in [6, 6.07) is 4.00. The first-order chi connectivity index (χ1) is 6.84. The molecule has 14 heavy (non-hydrogen) atoms. The molecule has 1 aromatic heterocycles. The van der Waals surface area contributed by atoms with Crippen LogP contribution in [-0.2, 0) is 0 Å². The highest BCUT2D eigenvalue weighted by Gasteiger charge is 1.89. The molecular formula is C13H23N. The lowest BCUT2D eigenvalue weighted by Gasteiger charge is -1.95. The standard InChI is InChI=1S/C9H11N.2C2H6/c1-3-5-9-8(2)6-4-7-10-9;2*1-2/h3-7H,1-2H3;2*1-2H3/b5-3-;;. The van der Waals surface area contributed by atoms with Gasteiger partial charge >= 0.3 is 0 Å². The van der Waals surface area contributed by atoms with Crippen molar-refractivity contribution in [3.8, 4) is 0 Å². The average Bonchev–Trinajstić information content (AvgIpc) is 2.28. The van der Waals surface area contributed by atoms with E-state index in [0.717, 1.165) is 5.69 Å². The quantitative estimate of drug-likeness (QED) is 0.641. The van der Waals surface area contributed by atoms with E-state index >= 15 is 0 Å². The maximum atomic E-state index is 4.18. The van der Waals surface area contributed by atoms with Gasteiger partial charge in [0.15, 0.2) is 0 Å². The molecule has 0 N–H and O–H groups in total. The number of hydrogen-bond donors (Lipinski definition) is 0. The van der Waals surface area contributed by atoms with Gasteiger partial charge in [0, 0.05) is 6.20 Å². The van der Waals surface area contributed by atoms with Crippen LogP contribution < -0.4 is 0 Å². The minimum atomic E-state index is 1.06. The first-order valence-corrected chi connectivity index (χ1v) is 5.39. The molecule has 0 bridgehead atoms. The van der Waals surface area contributed by atoms with E-state index in [1.807, 2.05) is 59.0 Å². The van der Waals surface area contributed by atoms with Crippen LogP contribution in [0.3, 0.4) is 0 Å². The van der Waals surface area contributed by atoms with E-state index in [1.165, 1.54) is 5.56 Å². The largest absolute Gasteiger partial charge is 0.257 e. The number of hydrogen-bond acceptors (Lipinski definition) is 1. The first kappa shape index (κ1) is 15.4. The topological polar surface area (TPSA) is 12.9 Å². The summed E-state index contributed by atoms with van der Waals surface area (Å²) in [6.45, 7) is 12.1. The number of rotatable bonds is 1. The highest BCUT2D eigenvalue weighted by atomic mass is 14.7. The third-order valence-corrected chi connectivity index (χ3v) is 1.37. The van der Waals surface area contributed by atoms with Crippen molar-refractivity contribution in [1.29, 1.82) is 0 Å². The Morgan fingerprint density at radius 2 is 1.71 bits per heavy atom. The van der Waals surface area contributed by atoms with Crippen molar-refractivity contribution in [2.75, 3.05) is 0 Å². The van der Waals surface area contributed by atoms with Gasteiger partial charge in [0.1, 0.15) is 0 Å². The van der Waals surface area contributed by atoms with Gasteiger partial charge in [0.05, 0.1) is 5.69 Å². The van der Waals surface area contributed by atoms with Gasteiger partial charge in [-0.15, -0.1) is 0 Å². The monoisotopic (exact) mass is 193 g/mol. The third-order valence-electron chi connectivity index (χ3n) is 1.37. The Morgan fingerprint density at radius 3 is 2.14 bits per heavy atom. The summed E-state index contributed by atoms with van der Waals surface area (Å²) < 4.78 is 0. The molecule has 0 unspecified atom stereocenters. The molecule has 0 radical (unpaired) electrons. The summed E-state index contributed by atoms with van der Waals surface area (Å²) in [7, 11) is 0. The molecule has 0 fully saturated rings. The van der Waals surface area contributed by atoms with E-state index in [2.05, 4.69) is 18.0 Å². The summed E-state index contributed by atoms with van der Waals surface area (Å²) in [6.07, 6.45) is 5.81. The highest BCUT2D eigenvalue weighted by Crippen LogP contribution is 2.03. The predicted molar refractivity (Wildman–Crippen MR) is 66.4 cm³/mol. The molecule has 1 aromatic rings. The minimum Gasteiger partial charge on any atom is -0.257 e. The van der Waals surface area contributed by atoms with E-state index in [-0.39, 0.29) is 0 Å². The van der Waals surface area contributed by atoms with E-state index in [9.17, 15) is 0 Å². The summed E-state index contributed by atoms with van der Waals surface area (Å²) in [5, 5.41) is 0. The Hall–Kier alpha value is -1.11. The van der Waals surface area contributed by atoms with Crippen molar-refractivity contribution in [1.82, 2.24) is 4.98 Å². The molecule has 80 valence electrons. The van der Waals surface area contributed by atoms with Crippen LogP contribution in [0.1, 0.15) is 45.9 Å². The lowest BCUT2D eigenvalue weighted by atomic mass is 10.2. The van der Waals surface area contributed by atoms with Gasteiger partial charge in [-0.1, -0.05) is 39.8 Å². The maximum Gasteiger partial charge on any atom is 0.0655 e. The summed E-state index contributed by atoms with van der Waals surface area (Å²) >= 11 is 0. The van der Waals surface area contributed by atoms with Gasteiger partial charge in [0.2, 0.25) is 0 Å². The van der Waals surface area contributed by atoms with Crippen molar-refractivity contribution >= 4 is 6.08 Å². The molecular weight excluding hydrogens is 170 g/mol. The van der Waals surface area contributed by atoms with Crippen LogP contribution >= 0.6 is 0 Å². The molecule has 0 atom stereocenters. The van der Waals surface area contributed by atoms with Crippen LogP contribution in [0, 0.1) is 6.92 Å². The van der Waals surface area contributed by atoms with E-state index in [4.69, 9.17) is 0 Å². The molecule has 0 aromatic carbocycles. The molecule has 0 aliphatic rings. The zero-order valence-electron chi connectivity index (χ0n) is 10.3. The number of aromatic nitrogens is 1. The zero-order chi connectivity index (χ0) is 11.4.